The number of ether oxygens (including phenoxy) is 1. The molecule has 0 spiro atoms. The highest BCUT2D eigenvalue weighted by atomic mass is 16.5. The average Bonchev–Trinajstić information content (AvgIpc) is 2.73. The number of aromatic amines is 1. The van der Waals surface area contributed by atoms with Crippen molar-refractivity contribution < 1.29 is 9.53 Å². The number of imidazole rings is 1. The van der Waals surface area contributed by atoms with E-state index in [4.69, 9.17) is 10.5 Å². The molecule has 0 radical (unpaired) electrons. The summed E-state index contributed by atoms with van der Waals surface area (Å²) in [5.74, 6) is 0.688. The van der Waals surface area contributed by atoms with Crippen molar-refractivity contribution in [2.24, 2.45) is 0 Å². The zero-order chi connectivity index (χ0) is 13.5. The molecule has 0 aliphatic heterocycles. The molecule has 2 heterocycles. The second-order valence-electron chi connectivity index (χ2n) is 4.70. The van der Waals surface area contributed by atoms with Crippen LogP contribution in [0.4, 0.5) is 5.82 Å². The minimum atomic E-state index is -0.664. The number of nitrogens with zero attached hydrogens (tertiary/aromatic N) is 3. The highest BCUT2D eigenvalue weighted by Gasteiger charge is 2.49. The summed E-state index contributed by atoms with van der Waals surface area (Å²) in [4.78, 5) is 27.6. The lowest BCUT2D eigenvalue weighted by molar-refractivity contribution is -0.154. The first-order valence-corrected chi connectivity index (χ1v) is 6.31. The third kappa shape index (κ3) is 1.65. The van der Waals surface area contributed by atoms with E-state index in [1.807, 2.05) is 0 Å². The maximum Gasteiger partial charge on any atom is 0.319 e. The molecular formula is C12H15N5O2. The van der Waals surface area contributed by atoms with Crippen molar-refractivity contribution in [1.82, 2.24) is 19.9 Å². The predicted molar refractivity (Wildman–Crippen MR) is 68.3 cm³/mol. The molecule has 1 aliphatic carbocycles. The molecule has 0 saturated heterocycles. The number of aromatic nitrogens is 4. The van der Waals surface area contributed by atoms with E-state index in [2.05, 4.69) is 19.9 Å². The normalized spacial score (nSPS) is 17.1. The predicted octanol–water partition coefficient (Wildman–Crippen LogP) is 0.920. The molecule has 0 bridgehead atoms. The number of carbonyl (C=O) groups excluding carboxylic acids is 1. The molecule has 0 aromatic carbocycles. The Morgan fingerprint density at radius 3 is 2.89 bits per heavy atom. The van der Waals surface area contributed by atoms with Crippen LogP contribution in [0, 0.1) is 0 Å². The van der Waals surface area contributed by atoms with Crippen molar-refractivity contribution in [2.75, 3.05) is 12.3 Å². The zero-order valence-electron chi connectivity index (χ0n) is 10.6. The number of nitrogen functional groups attached to an aromatic ring is 1. The molecular weight excluding hydrogens is 246 g/mol. The number of nitrogens with two attached hydrogens (primary N) is 1. The summed E-state index contributed by atoms with van der Waals surface area (Å²) in [7, 11) is 0. The first-order valence-electron chi connectivity index (χ1n) is 6.31. The van der Waals surface area contributed by atoms with Crippen LogP contribution in [0.15, 0.2) is 6.33 Å². The molecule has 2 aromatic rings. The number of rotatable bonds is 3. The largest absolute Gasteiger partial charge is 0.465 e. The highest BCUT2D eigenvalue weighted by molar-refractivity contribution is 5.86. The van der Waals surface area contributed by atoms with Gasteiger partial charge in [-0.1, -0.05) is 6.42 Å². The Morgan fingerprint density at radius 2 is 2.32 bits per heavy atom. The summed E-state index contributed by atoms with van der Waals surface area (Å²) in [5, 5.41) is 0. The van der Waals surface area contributed by atoms with Crippen LogP contribution in [-0.2, 0) is 14.9 Å². The quantitative estimate of drug-likeness (QED) is 0.795. The van der Waals surface area contributed by atoms with Crippen LogP contribution in [-0.4, -0.2) is 32.5 Å². The molecule has 1 saturated carbocycles. The number of esters is 1. The second-order valence-corrected chi connectivity index (χ2v) is 4.70. The van der Waals surface area contributed by atoms with E-state index in [9.17, 15) is 4.79 Å². The van der Waals surface area contributed by atoms with Crippen LogP contribution in [0.5, 0.6) is 0 Å². The number of hydrogen-bond acceptors (Lipinski definition) is 6. The zero-order valence-corrected chi connectivity index (χ0v) is 10.6. The molecule has 1 fully saturated rings. The van der Waals surface area contributed by atoms with Crippen molar-refractivity contribution in [3.05, 3.63) is 12.2 Å². The summed E-state index contributed by atoms with van der Waals surface area (Å²) in [6, 6.07) is 0. The minimum absolute atomic E-state index is 0.230. The van der Waals surface area contributed by atoms with Crippen molar-refractivity contribution in [1.29, 1.82) is 0 Å². The maximum absolute atomic E-state index is 12.2. The lowest BCUT2D eigenvalue weighted by atomic mass is 9.68. The van der Waals surface area contributed by atoms with E-state index in [0.29, 0.717) is 29.4 Å². The Labute approximate surface area is 109 Å². The van der Waals surface area contributed by atoms with Gasteiger partial charge >= 0.3 is 5.97 Å². The number of hydrogen-bond donors (Lipinski definition) is 2. The van der Waals surface area contributed by atoms with Gasteiger partial charge in [0, 0.05) is 0 Å². The van der Waals surface area contributed by atoms with Gasteiger partial charge in [0.05, 0.1) is 6.61 Å². The van der Waals surface area contributed by atoms with E-state index in [0.717, 1.165) is 19.3 Å². The third-order valence-corrected chi connectivity index (χ3v) is 3.64. The Bertz CT molecular complexity index is 632. The average molecular weight is 261 g/mol. The van der Waals surface area contributed by atoms with Crippen molar-refractivity contribution in [2.45, 2.75) is 31.6 Å². The second kappa shape index (κ2) is 4.18. The van der Waals surface area contributed by atoms with E-state index >= 15 is 0 Å². The van der Waals surface area contributed by atoms with Crippen molar-refractivity contribution in [3.63, 3.8) is 0 Å². The van der Waals surface area contributed by atoms with E-state index in [-0.39, 0.29) is 5.97 Å². The van der Waals surface area contributed by atoms with Gasteiger partial charge in [-0.05, 0) is 19.8 Å². The third-order valence-electron chi connectivity index (χ3n) is 3.64. The van der Waals surface area contributed by atoms with Gasteiger partial charge in [-0.15, -0.1) is 0 Å². The fourth-order valence-electron chi connectivity index (χ4n) is 2.41. The SMILES string of the molecule is CCOC(=O)C1(c2nc3ncnc(N)c3[nH]2)CCC1. The lowest BCUT2D eigenvalue weighted by Gasteiger charge is -2.37. The summed E-state index contributed by atoms with van der Waals surface area (Å²) in [6.45, 7) is 2.16. The van der Waals surface area contributed by atoms with Crippen LogP contribution >= 0.6 is 0 Å². The smallest absolute Gasteiger partial charge is 0.319 e. The molecule has 0 atom stereocenters. The summed E-state index contributed by atoms with van der Waals surface area (Å²) >= 11 is 0. The molecule has 19 heavy (non-hydrogen) atoms. The molecule has 100 valence electrons. The maximum atomic E-state index is 12.2. The van der Waals surface area contributed by atoms with Crippen molar-refractivity contribution >= 4 is 23.0 Å². The monoisotopic (exact) mass is 261 g/mol. The summed E-state index contributed by atoms with van der Waals surface area (Å²) < 4.78 is 5.16. The highest BCUT2D eigenvalue weighted by Crippen LogP contribution is 2.44. The van der Waals surface area contributed by atoms with Gasteiger partial charge in [0.15, 0.2) is 11.5 Å². The Hall–Kier alpha value is -2.18. The van der Waals surface area contributed by atoms with Gasteiger partial charge in [-0.2, -0.15) is 0 Å². The van der Waals surface area contributed by atoms with E-state index in [1.165, 1.54) is 6.33 Å². The summed E-state index contributed by atoms with van der Waals surface area (Å²) in [5.41, 5.74) is 6.17. The fourth-order valence-corrected chi connectivity index (χ4v) is 2.41. The van der Waals surface area contributed by atoms with Gasteiger partial charge in [0.25, 0.3) is 0 Å². The van der Waals surface area contributed by atoms with Gasteiger partial charge in [0.1, 0.15) is 23.1 Å². The lowest BCUT2D eigenvalue weighted by Crippen LogP contribution is -2.44. The molecule has 2 aromatic heterocycles. The number of carbonyl (C=O) groups is 1. The Morgan fingerprint density at radius 1 is 1.53 bits per heavy atom. The van der Waals surface area contributed by atoms with Gasteiger partial charge in [-0.3, -0.25) is 4.79 Å². The Kier molecular flexibility index (Phi) is 2.62. The minimum Gasteiger partial charge on any atom is -0.465 e. The van der Waals surface area contributed by atoms with Crippen LogP contribution < -0.4 is 5.73 Å². The van der Waals surface area contributed by atoms with Gasteiger partial charge in [0.2, 0.25) is 0 Å². The van der Waals surface area contributed by atoms with Crippen LogP contribution in [0.2, 0.25) is 0 Å². The fraction of sp³-hybridized carbons (Fsp3) is 0.500. The Balaban J connectivity index is 2.07. The first-order chi connectivity index (χ1) is 9.17. The molecule has 3 rings (SSSR count). The molecule has 0 unspecified atom stereocenters. The van der Waals surface area contributed by atoms with Gasteiger partial charge < -0.3 is 15.5 Å². The van der Waals surface area contributed by atoms with Crippen LogP contribution in [0.3, 0.4) is 0 Å². The summed E-state index contributed by atoms with van der Waals surface area (Å²) in [6.07, 6.45) is 3.81. The van der Waals surface area contributed by atoms with E-state index < -0.39 is 5.41 Å². The molecule has 7 nitrogen and oxygen atoms in total. The molecule has 0 amide bonds. The van der Waals surface area contributed by atoms with Crippen LogP contribution in [0.25, 0.3) is 11.2 Å². The standard InChI is InChI=1S/C12H15N5O2/c1-2-19-11(18)12(4-3-5-12)10-16-7-8(13)14-6-15-9(7)17-10/h6H,2-5H2,1H3,(H3,13,14,15,16,17). The molecule has 1 aliphatic rings. The molecule has 3 N–H and O–H groups in total. The number of fused-ring (bicyclic) bond motifs is 1. The van der Waals surface area contributed by atoms with Gasteiger partial charge in [-0.25, -0.2) is 15.0 Å². The topological polar surface area (TPSA) is 107 Å². The number of nitrogens with one attached hydrogen (secondary N) is 1. The van der Waals surface area contributed by atoms with Crippen LogP contribution in [0.1, 0.15) is 32.0 Å². The van der Waals surface area contributed by atoms with Crippen molar-refractivity contribution in [3.8, 4) is 0 Å². The number of H-pyrrole nitrogens is 1. The van der Waals surface area contributed by atoms with E-state index in [1.54, 1.807) is 6.92 Å². The first kappa shape index (κ1) is 11.9. The molecule has 7 heteroatoms. The number of anilines is 1.